The molecule has 0 fully saturated rings. The van der Waals surface area contributed by atoms with E-state index in [4.69, 9.17) is 4.74 Å². The van der Waals surface area contributed by atoms with Crippen LogP contribution in [0.25, 0.3) is 5.57 Å². The van der Waals surface area contributed by atoms with Gasteiger partial charge in [-0.05, 0) is 44.4 Å². The van der Waals surface area contributed by atoms with E-state index in [2.05, 4.69) is 80.8 Å². The fourth-order valence-corrected chi connectivity index (χ4v) is 3.44. The highest BCUT2D eigenvalue weighted by atomic mass is 16.5. The van der Waals surface area contributed by atoms with Crippen LogP contribution in [0.15, 0.2) is 48.5 Å². The van der Waals surface area contributed by atoms with Crippen LogP contribution in [0, 0.1) is 0 Å². The van der Waals surface area contributed by atoms with E-state index in [9.17, 15) is 0 Å². The van der Waals surface area contributed by atoms with Crippen molar-refractivity contribution in [2.75, 3.05) is 17.7 Å². The third kappa shape index (κ3) is 3.51. The Morgan fingerprint density at radius 1 is 1.20 bits per heavy atom. The highest BCUT2D eigenvalue weighted by Gasteiger charge is 2.28. The topological polar surface area (TPSA) is 33.3 Å². The number of anilines is 2. The van der Waals surface area contributed by atoms with E-state index in [0.29, 0.717) is 0 Å². The molecule has 2 unspecified atom stereocenters. The van der Waals surface area contributed by atoms with Crippen molar-refractivity contribution in [1.82, 2.24) is 0 Å². The molecular weight excluding hydrogens is 308 g/mol. The monoisotopic (exact) mass is 336 g/mol. The summed E-state index contributed by atoms with van der Waals surface area (Å²) < 4.78 is 5.70. The highest BCUT2D eigenvalue weighted by Crippen LogP contribution is 2.43. The Kier molecular flexibility index (Phi) is 4.76. The first-order valence-electron chi connectivity index (χ1n) is 8.97. The average molecular weight is 336 g/mol. The van der Waals surface area contributed by atoms with Crippen LogP contribution in [0.3, 0.4) is 0 Å². The van der Waals surface area contributed by atoms with Crippen molar-refractivity contribution < 1.29 is 4.74 Å². The Morgan fingerprint density at radius 3 is 2.56 bits per heavy atom. The first kappa shape index (κ1) is 17.4. The molecule has 0 saturated heterocycles. The average Bonchev–Trinajstić information content (AvgIpc) is 2.62. The Bertz CT molecular complexity index is 782. The molecule has 1 heterocycles. The largest absolute Gasteiger partial charge is 0.494 e. The molecule has 2 aromatic carbocycles. The van der Waals surface area contributed by atoms with Gasteiger partial charge in [-0.3, -0.25) is 0 Å². The molecule has 0 spiro atoms. The van der Waals surface area contributed by atoms with Gasteiger partial charge in [0.1, 0.15) is 5.75 Å². The molecule has 2 atom stereocenters. The zero-order chi connectivity index (χ0) is 18.0. The van der Waals surface area contributed by atoms with Crippen molar-refractivity contribution in [2.24, 2.45) is 0 Å². The molecule has 0 aliphatic carbocycles. The van der Waals surface area contributed by atoms with Crippen molar-refractivity contribution in [2.45, 2.75) is 45.7 Å². The summed E-state index contributed by atoms with van der Waals surface area (Å²) >= 11 is 0. The zero-order valence-electron chi connectivity index (χ0n) is 15.8. The molecule has 132 valence electrons. The van der Waals surface area contributed by atoms with Crippen LogP contribution >= 0.6 is 0 Å². The lowest BCUT2D eigenvalue weighted by atomic mass is 9.87. The maximum absolute atomic E-state index is 5.70. The minimum absolute atomic E-state index is 0.0311. The SMILES string of the molecule is CCC1(C)C=C(C)c2cc(NC(C)c3ccccc3)cc(OC)c2N1. The second kappa shape index (κ2) is 6.83. The van der Waals surface area contributed by atoms with Crippen molar-refractivity contribution in [3.8, 4) is 5.75 Å². The lowest BCUT2D eigenvalue weighted by molar-refractivity contribution is 0.414. The summed E-state index contributed by atoms with van der Waals surface area (Å²) in [6.07, 6.45) is 3.34. The Labute approximate surface area is 151 Å². The van der Waals surface area contributed by atoms with E-state index in [1.807, 2.05) is 6.07 Å². The molecule has 0 saturated carbocycles. The van der Waals surface area contributed by atoms with Gasteiger partial charge in [0.05, 0.1) is 18.3 Å². The van der Waals surface area contributed by atoms with Crippen LogP contribution in [0.1, 0.15) is 51.3 Å². The molecule has 1 aliphatic rings. The summed E-state index contributed by atoms with van der Waals surface area (Å²) in [5.74, 6) is 0.882. The summed E-state index contributed by atoms with van der Waals surface area (Å²) in [4.78, 5) is 0. The molecule has 0 aromatic heterocycles. The Balaban J connectivity index is 1.96. The molecule has 3 nitrogen and oxygen atoms in total. The number of fused-ring (bicyclic) bond motifs is 1. The number of nitrogens with one attached hydrogen (secondary N) is 2. The summed E-state index contributed by atoms with van der Waals surface area (Å²) in [7, 11) is 1.73. The van der Waals surface area contributed by atoms with Crippen molar-refractivity contribution in [3.05, 3.63) is 59.7 Å². The quantitative estimate of drug-likeness (QED) is 0.717. The molecule has 3 rings (SSSR count). The smallest absolute Gasteiger partial charge is 0.144 e. The number of allylic oxidation sites excluding steroid dienone is 1. The van der Waals surface area contributed by atoms with E-state index >= 15 is 0 Å². The lowest BCUT2D eigenvalue weighted by Crippen LogP contribution is -2.34. The standard InChI is InChI=1S/C22H28N2O/c1-6-22(4)14-15(2)19-12-18(13-20(25-5)21(19)24-22)23-16(3)17-10-8-7-9-11-17/h7-14,16,23-24H,6H2,1-5H3. The molecule has 25 heavy (non-hydrogen) atoms. The first-order valence-corrected chi connectivity index (χ1v) is 8.97. The summed E-state index contributed by atoms with van der Waals surface area (Å²) in [5.41, 5.74) is 5.88. The first-order chi connectivity index (χ1) is 12.0. The predicted molar refractivity (Wildman–Crippen MR) is 107 cm³/mol. The van der Waals surface area contributed by atoms with Gasteiger partial charge < -0.3 is 15.4 Å². The van der Waals surface area contributed by atoms with Gasteiger partial charge in [-0.15, -0.1) is 0 Å². The van der Waals surface area contributed by atoms with E-state index in [1.54, 1.807) is 7.11 Å². The summed E-state index contributed by atoms with van der Waals surface area (Å²) in [6.45, 7) is 8.78. The fourth-order valence-electron chi connectivity index (χ4n) is 3.44. The molecule has 0 bridgehead atoms. The third-order valence-corrected chi connectivity index (χ3v) is 5.11. The summed E-state index contributed by atoms with van der Waals surface area (Å²) in [6, 6.07) is 15.0. The number of hydrogen-bond acceptors (Lipinski definition) is 3. The van der Waals surface area contributed by atoms with Crippen molar-refractivity contribution in [3.63, 3.8) is 0 Å². The Hall–Kier alpha value is -2.42. The molecule has 1 aliphatic heterocycles. The van der Waals surface area contributed by atoms with Crippen LogP contribution < -0.4 is 15.4 Å². The molecule has 3 heteroatoms. The molecule has 0 amide bonds. The Morgan fingerprint density at radius 2 is 1.92 bits per heavy atom. The van der Waals surface area contributed by atoms with Gasteiger partial charge in [0.15, 0.2) is 0 Å². The van der Waals surface area contributed by atoms with E-state index < -0.39 is 0 Å². The van der Waals surface area contributed by atoms with Crippen LogP contribution in [-0.2, 0) is 0 Å². The molecular formula is C22H28N2O. The number of methoxy groups -OCH3 is 1. The van der Waals surface area contributed by atoms with Crippen molar-refractivity contribution in [1.29, 1.82) is 0 Å². The van der Waals surface area contributed by atoms with Gasteiger partial charge in [-0.1, -0.05) is 43.3 Å². The van der Waals surface area contributed by atoms with Crippen molar-refractivity contribution >= 4 is 16.9 Å². The van der Waals surface area contributed by atoms with Crippen LogP contribution in [0.4, 0.5) is 11.4 Å². The molecule has 2 aromatic rings. The minimum atomic E-state index is -0.0311. The van der Waals surface area contributed by atoms with E-state index in [1.165, 1.54) is 16.7 Å². The van der Waals surface area contributed by atoms with Gasteiger partial charge in [0.2, 0.25) is 0 Å². The normalized spacial score (nSPS) is 20.1. The number of hydrogen-bond donors (Lipinski definition) is 2. The zero-order valence-corrected chi connectivity index (χ0v) is 15.8. The van der Waals surface area contributed by atoms with Gasteiger partial charge in [-0.2, -0.15) is 0 Å². The van der Waals surface area contributed by atoms with Gasteiger partial charge >= 0.3 is 0 Å². The van der Waals surface area contributed by atoms with Gasteiger partial charge in [0.25, 0.3) is 0 Å². The van der Waals surface area contributed by atoms with Crippen LogP contribution in [-0.4, -0.2) is 12.6 Å². The molecule has 0 radical (unpaired) electrons. The fraction of sp³-hybridized carbons (Fsp3) is 0.364. The van der Waals surface area contributed by atoms with Gasteiger partial charge in [0, 0.05) is 23.4 Å². The third-order valence-electron chi connectivity index (χ3n) is 5.11. The number of rotatable bonds is 5. The number of ether oxygens (including phenoxy) is 1. The predicted octanol–water partition coefficient (Wildman–Crippen LogP) is 5.87. The van der Waals surface area contributed by atoms with Crippen LogP contribution in [0.5, 0.6) is 5.75 Å². The van der Waals surface area contributed by atoms with E-state index in [-0.39, 0.29) is 11.6 Å². The minimum Gasteiger partial charge on any atom is -0.494 e. The second-order valence-electron chi connectivity index (χ2n) is 7.10. The van der Waals surface area contributed by atoms with Crippen LogP contribution in [0.2, 0.25) is 0 Å². The lowest BCUT2D eigenvalue weighted by Gasteiger charge is -2.35. The van der Waals surface area contributed by atoms with E-state index in [0.717, 1.165) is 23.5 Å². The summed E-state index contributed by atoms with van der Waals surface area (Å²) in [5, 5.41) is 7.26. The maximum atomic E-state index is 5.70. The molecule has 2 N–H and O–H groups in total. The highest BCUT2D eigenvalue weighted by molar-refractivity contribution is 5.86. The maximum Gasteiger partial charge on any atom is 0.144 e. The second-order valence-corrected chi connectivity index (χ2v) is 7.10. The number of benzene rings is 2. The van der Waals surface area contributed by atoms with Gasteiger partial charge in [-0.25, -0.2) is 0 Å².